The molecule has 1 amide bonds. The molecule has 0 bridgehead atoms. The van der Waals surface area contributed by atoms with Gasteiger partial charge in [-0.15, -0.1) is 0 Å². The molecule has 1 aliphatic rings. The second-order valence-electron chi connectivity index (χ2n) is 9.03. The number of aryl methyl sites for hydroxylation is 1. The van der Waals surface area contributed by atoms with Crippen LogP contribution in [0.4, 0.5) is 4.39 Å². The number of likely N-dealkylation sites (tertiary alicyclic amines) is 1. The molecule has 2 aromatic rings. The van der Waals surface area contributed by atoms with Gasteiger partial charge in [-0.1, -0.05) is 55.8 Å². The van der Waals surface area contributed by atoms with Gasteiger partial charge in [-0.3, -0.25) is 9.69 Å². The van der Waals surface area contributed by atoms with Gasteiger partial charge in [-0.2, -0.15) is 0 Å². The Morgan fingerprint density at radius 2 is 1.81 bits per heavy atom. The summed E-state index contributed by atoms with van der Waals surface area (Å²) in [5.74, 6) is 0.441. The molecule has 0 aliphatic carbocycles. The summed E-state index contributed by atoms with van der Waals surface area (Å²) in [5, 5.41) is 0. The van der Waals surface area contributed by atoms with Crippen LogP contribution in [0.25, 0.3) is 0 Å². The number of ether oxygens (including phenoxy) is 1. The Hall–Kier alpha value is -2.24. The summed E-state index contributed by atoms with van der Waals surface area (Å²) in [5.41, 5.74) is 3.69. The number of rotatable bonds is 9. The van der Waals surface area contributed by atoms with E-state index in [1.807, 2.05) is 30.9 Å². The average molecular weight is 427 g/mol. The molecule has 0 spiro atoms. The van der Waals surface area contributed by atoms with Gasteiger partial charge in [-0.05, 0) is 36.1 Å². The number of hydrogen-bond acceptors (Lipinski definition) is 3. The van der Waals surface area contributed by atoms with E-state index in [-0.39, 0.29) is 29.5 Å². The van der Waals surface area contributed by atoms with Gasteiger partial charge in [0.25, 0.3) is 0 Å². The Balaban J connectivity index is 1.79. The van der Waals surface area contributed by atoms with Gasteiger partial charge in [0.2, 0.25) is 5.91 Å². The SMILES string of the molecule is COCCN(C[C@@H]1CN(Cc2ccc(C)cc2)C[C@H]1c1ccc(F)cc1)C(=O)C(C)C. The largest absolute Gasteiger partial charge is 0.383 e. The fourth-order valence-corrected chi connectivity index (χ4v) is 4.46. The van der Waals surface area contributed by atoms with Crippen LogP contribution in [0.1, 0.15) is 36.5 Å². The molecule has 4 nitrogen and oxygen atoms in total. The zero-order valence-electron chi connectivity index (χ0n) is 19.2. The van der Waals surface area contributed by atoms with E-state index >= 15 is 0 Å². The first-order chi connectivity index (χ1) is 14.9. The third-order valence-corrected chi connectivity index (χ3v) is 6.17. The van der Waals surface area contributed by atoms with E-state index in [1.54, 1.807) is 7.11 Å². The lowest BCUT2D eigenvalue weighted by molar-refractivity contribution is -0.135. The summed E-state index contributed by atoms with van der Waals surface area (Å²) >= 11 is 0. The molecule has 1 heterocycles. The van der Waals surface area contributed by atoms with Gasteiger partial charge in [-0.25, -0.2) is 4.39 Å². The number of carbonyl (C=O) groups excluding carboxylic acids is 1. The molecule has 0 saturated carbocycles. The topological polar surface area (TPSA) is 32.8 Å². The molecule has 2 aromatic carbocycles. The molecule has 1 aliphatic heterocycles. The number of amides is 1. The Morgan fingerprint density at radius 1 is 1.13 bits per heavy atom. The van der Waals surface area contributed by atoms with E-state index in [9.17, 15) is 9.18 Å². The zero-order valence-corrected chi connectivity index (χ0v) is 19.2. The third-order valence-electron chi connectivity index (χ3n) is 6.17. The van der Waals surface area contributed by atoms with Crippen LogP contribution >= 0.6 is 0 Å². The maximum absolute atomic E-state index is 13.5. The van der Waals surface area contributed by atoms with Crippen molar-refractivity contribution >= 4 is 5.91 Å². The lowest BCUT2D eigenvalue weighted by atomic mass is 9.88. The molecule has 0 unspecified atom stereocenters. The molecule has 5 heteroatoms. The molecule has 2 atom stereocenters. The van der Waals surface area contributed by atoms with Crippen molar-refractivity contribution in [3.63, 3.8) is 0 Å². The zero-order chi connectivity index (χ0) is 22.4. The van der Waals surface area contributed by atoms with Crippen LogP contribution in [0.5, 0.6) is 0 Å². The van der Waals surface area contributed by atoms with Gasteiger partial charge < -0.3 is 9.64 Å². The number of halogens is 1. The summed E-state index contributed by atoms with van der Waals surface area (Å²) in [6, 6.07) is 15.5. The monoisotopic (exact) mass is 426 g/mol. The molecular weight excluding hydrogens is 391 g/mol. The first kappa shape index (κ1) is 23.4. The van der Waals surface area contributed by atoms with Gasteiger partial charge >= 0.3 is 0 Å². The number of carbonyl (C=O) groups is 1. The van der Waals surface area contributed by atoms with Crippen LogP contribution in [-0.2, 0) is 16.1 Å². The first-order valence-electron chi connectivity index (χ1n) is 11.2. The van der Waals surface area contributed by atoms with Crippen molar-refractivity contribution in [1.29, 1.82) is 0 Å². The number of methoxy groups -OCH3 is 1. The Kier molecular flexibility index (Phi) is 8.22. The van der Waals surface area contributed by atoms with Crippen molar-refractivity contribution in [3.8, 4) is 0 Å². The van der Waals surface area contributed by atoms with Crippen LogP contribution in [-0.4, -0.2) is 55.6 Å². The van der Waals surface area contributed by atoms with Gasteiger partial charge in [0.1, 0.15) is 5.82 Å². The normalized spacial score (nSPS) is 19.2. The predicted molar refractivity (Wildman–Crippen MR) is 122 cm³/mol. The second kappa shape index (κ2) is 10.9. The molecule has 1 saturated heterocycles. The van der Waals surface area contributed by atoms with Crippen LogP contribution < -0.4 is 0 Å². The molecule has 1 fully saturated rings. The summed E-state index contributed by atoms with van der Waals surface area (Å²) < 4.78 is 18.8. The maximum Gasteiger partial charge on any atom is 0.225 e. The highest BCUT2D eigenvalue weighted by Crippen LogP contribution is 2.34. The second-order valence-corrected chi connectivity index (χ2v) is 9.03. The summed E-state index contributed by atoms with van der Waals surface area (Å²) in [6.07, 6.45) is 0. The lowest BCUT2D eigenvalue weighted by Gasteiger charge is -2.29. The molecule has 168 valence electrons. The first-order valence-corrected chi connectivity index (χ1v) is 11.2. The summed E-state index contributed by atoms with van der Waals surface area (Å²) in [4.78, 5) is 17.2. The van der Waals surface area contributed by atoms with Crippen molar-refractivity contribution < 1.29 is 13.9 Å². The molecule has 0 N–H and O–H groups in total. The van der Waals surface area contributed by atoms with Crippen LogP contribution in [0, 0.1) is 24.6 Å². The van der Waals surface area contributed by atoms with Crippen LogP contribution in [0.2, 0.25) is 0 Å². The number of hydrogen-bond donors (Lipinski definition) is 0. The molecule has 31 heavy (non-hydrogen) atoms. The molecular formula is C26H35FN2O2. The van der Waals surface area contributed by atoms with Gasteiger partial charge in [0.15, 0.2) is 0 Å². The highest BCUT2D eigenvalue weighted by Gasteiger charge is 2.36. The van der Waals surface area contributed by atoms with Crippen molar-refractivity contribution in [1.82, 2.24) is 9.80 Å². The fourth-order valence-electron chi connectivity index (χ4n) is 4.46. The minimum absolute atomic E-state index is 0.0498. The average Bonchev–Trinajstić information content (AvgIpc) is 3.14. The minimum Gasteiger partial charge on any atom is -0.383 e. The van der Waals surface area contributed by atoms with Crippen LogP contribution in [0.15, 0.2) is 48.5 Å². The van der Waals surface area contributed by atoms with Crippen molar-refractivity contribution in [2.45, 2.75) is 33.2 Å². The summed E-state index contributed by atoms with van der Waals surface area (Å²) in [7, 11) is 1.66. The Morgan fingerprint density at radius 3 is 2.42 bits per heavy atom. The van der Waals surface area contributed by atoms with Crippen molar-refractivity contribution in [2.75, 3.05) is 39.9 Å². The number of nitrogens with zero attached hydrogens (tertiary/aromatic N) is 2. The molecule has 0 radical (unpaired) electrons. The van der Waals surface area contributed by atoms with E-state index in [0.29, 0.717) is 19.7 Å². The fraction of sp³-hybridized carbons (Fsp3) is 0.500. The van der Waals surface area contributed by atoms with E-state index in [2.05, 4.69) is 36.1 Å². The molecule has 3 rings (SSSR count). The summed E-state index contributed by atoms with van der Waals surface area (Å²) in [6.45, 7) is 10.5. The Labute approximate surface area is 186 Å². The van der Waals surface area contributed by atoms with Gasteiger partial charge in [0.05, 0.1) is 6.61 Å². The molecule has 0 aromatic heterocycles. The Bertz CT molecular complexity index is 835. The van der Waals surface area contributed by atoms with E-state index in [1.165, 1.54) is 23.3 Å². The standard InChI is InChI=1S/C26H35FN2O2/c1-19(2)26(30)29(13-14-31-4)17-23-16-28(15-21-7-5-20(3)6-8-21)18-25(23)22-9-11-24(27)12-10-22/h5-12,19,23,25H,13-18H2,1-4H3/t23-,25-/m0/s1. The van der Waals surface area contributed by atoms with E-state index in [0.717, 1.165) is 25.2 Å². The van der Waals surface area contributed by atoms with E-state index in [4.69, 9.17) is 4.74 Å². The highest BCUT2D eigenvalue weighted by molar-refractivity contribution is 5.78. The highest BCUT2D eigenvalue weighted by atomic mass is 19.1. The number of benzene rings is 2. The quantitative estimate of drug-likeness (QED) is 0.593. The van der Waals surface area contributed by atoms with Crippen LogP contribution in [0.3, 0.4) is 0 Å². The van der Waals surface area contributed by atoms with Crippen molar-refractivity contribution in [3.05, 3.63) is 71.0 Å². The van der Waals surface area contributed by atoms with Crippen molar-refractivity contribution in [2.24, 2.45) is 11.8 Å². The predicted octanol–water partition coefficient (Wildman–Crippen LogP) is 4.48. The third kappa shape index (κ3) is 6.37. The van der Waals surface area contributed by atoms with Gasteiger partial charge in [0, 0.05) is 51.7 Å². The maximum atomic E-state index is 13.5. The smallest absolute Gasteiger partial charge is 0.225 e. The minimum atomic E-state index is -0.216. The van der Waals surface area contributed by atoms with E-state index < -0.39 is 0 Å². The lowest BCUT2D eigenvalue weighted by Crippen LogP contribution is -2.41.